The minimum atomic E-state index is -0.217. The van der Waals surface area contributed by atoms with E-state index >= 15 is 0 Å². The van der Waals surface area contributed by atoms with Crippen molar-refractivity contribution in [1.82, 2.24) is 0 Å². The predicted octanol–water partition coefficient (Wildman–Crippen LogP) is 37.0. The van der Waals surface area contributed by atoms with E-state index in [0.29, 0.717) is 69.0 Å². The summed E-state index contributed by atoms with van der Waals surface area (Å²) in [6.45, 7) is 8.87. The van der Waals surface area contributed by atoms with E-state index in [1.54, 1.807) is 28.4 Å². The molecule has 0 aromatic heterocycles. The maximum Gasteiger partial charge on any atom is 0.231 e. The highest BCUT2D eigenvalue weighted by Gasteiger charge is 2.43. The van der Waals surface area contributed by atoms with Crippen LogP contribution in [0.5, 0.6) is 69.0 Å². The fourth-order valence-corrected chi connectivity index (χ4v) is 25.5. The smallest absolute Gasteiger partial charge is 0.231 e. The van der Waals surface area contributed by atoms with Gasteiger partial charge >= 0.3 is 0 Å². The summed E-state index contributed by atoms with van der Waals surface area (Å²) < 4.78 is 84.5. The Kier molecular flexibility index (Phi) is 60.3. The Morgan fingerprint density at radius 1 is 0.182 bits per heavy atom. The summed E-state index contributed by atoms with van der Waals surface area (Å²) in [6.07, 6.45) is 87.1. The second-order valence-corrected chi connectivity index (χ2v) is 44.5. The van der Waals surface area contributed by atoms with E-state index in [1.807, 2.05) is 0 Å². The zero-order valence-corrected chi connectivity index (χ0v) is 89.0. The number of methoxy groups -OCH3 is 4. The van der Waals surface area contributed by atoms with Gasteiger partial charge in [-0.1, -0.05) is 387 Å². The van der Waals surface area contributed by atoms with Crippen LogP contribution >= 0.6 is 47.0 Å². The van der Waals surface area contributed by atoms with Gasteiger partial charge in [0.05, 0.1) is 28.4 Å². The first kappa shape index (κ1) is 112. The molecule has 0 N–H and O–H groups in total. The summed E-state index contributed by atoms with van der Waals surface area (Å²) >= 11 is 8.74. The second-order valence-electron chi connectivity index (χ2n) is 39.6. The summed E-state index contributed by atoms with van der Waals surface area (Å²) in [5.41, 5.74) is 8.60. The first-order valence-corrected chi connectivity index (χ1v) is 60.4. The number of hydrogen-bond donors (Lipinski definition) is 0. The van der Waals surface area contributed by atoms with Gasteiger partial charge in [-0.05, 0) is 147 Å². The molecule has 4 aliphatic heterocycles. The zero-order valence-electron chi connectivity index (χ0n) is 85.7. The van der Waals surface area contributed by atoms with Crippen molar-refractivity contribution in [2.45, 2.75) is 488 Å². The summed E-state index contributed by atoms with van der Waals surface area (Å²) in [7, 11) is 7.15. The van der Waals surface area contributed by atoms with Gasteiger partial charge in [-0.2, -0.15) is 47.0 Å². The molecular weight excluding hydrogens is 1710 g/mol. The van der Waals surface area contributed by atoms with Gasteiger partial charge in [0.15, 0.2) is 46.0 Å². The van der Waals surface area contributed by atoms with Crippen molar-refractivity contribution in [3.05, 3.63) is 68.8 Å². The second kappa shape index (κ2) is 71.3. The molecule has 0 radical (unpaired) electrons. The fourth-order valence-electron chi connectivity index (χ4n) is 21.4. The van der Waals surface area contributed by atoms with Crippen molar-refractivity contribution in [3.8, 4) is 69.0 Å². The van der Waals surface area contributed by atoms with Crippen LogP contribution in [0.15, 0.2) is 24.3 Å². The fraction of sp³-hybridized carbons (Fsp3) is 0.793. The molecule has 9 rings (SSSR count). The Bertz CT molecular complexity index is 3040. The number of thioether (sulfide) groups is 4. The molecule has 12 nitrogen and oxygen atoms in total. The van der Waals surface area contributed by atoms with Crippen LogP contribution in [0, 0.1) is 0 Å². The normalized spacial score (nSPS) is 15.6. The van der Waals surface area contributed by atoms with Crippen LogP contribution in [0.3, 0.4) is 0 Å². The van der Waals surface area contributed by atoms with Crippen LogP contribution in [0.4, 0.5) is 0 Å². The molecule has 4 heterocycles. The molecule has 0 spiro atoms. The SMILES string of the molecule is CCCCCCCCCCSCCCCCCCCCCC1c2cc3c4c(OC)c2OCOc2c1cc1c(c2OC)OCOc2c(cc5c(c2OC)OCOc2c(cc(c(c2OC)OCO4)C3CCCCCCCCCCSCCCCCCCCCC)C5CCCCCCCCCCSCCCCCCCCCC)C1CCCCCCCCCCSCCCCCCCCCC. The number of ether oxygens (including phenoxy) is 12. The first-order chi connectivity index (χ1) is 65.5. The number of unbranched alkanes of at least 4 members (excludes halogenated alkanes) is 56. The van der Waals surface area contributed by atoms with Gasteiger partial charge in [0.1, 0.15) is 0 Å². The van der Waals surface area contributed by atoms with Gasteiger partial charge < -0.3 is 56.8 Å². The lowest BCUT2D eigenvalue weighted by Crippen LogP contribution is -2.24. The highest BCUT2D eigenvalue weighted by molar-refractivity contribution is 7.99. The van der Waals surface area contributed by atoms with Gasteiger partial charge in [-0.15, -0.1) is 0 Å². The summed E-state index contributed by atoms with van der Waals surface area (Å²) in [5, 5.41) is 0. The average molecular weight is 1910 g/mol. The third-order valence-corrected chi connectivity index (χ3v) is 33.8. The molecule has 0 fully saturated rings. The Hall–Kier alpha value is -4.12. The molecule has 0 saturated carbocycles. The Morgan fingerprint density at radius 3 is 0.432 bits per heavy atom. The van der Waals surface area contributed by atoms with E-state index in [1.165, 1.54) is 406 Å². The monoisotopic (exact) mass is 1910 g/mol. The Balaban J connectivity index is 1.03. The predicted molar refractivity (Wildman–Crippen MR) is 570 cm³/mol. The van der Waals surface area contributed by atoms with Crippen molar-refractivity contribution in [2.75, 3.05) is 102 Å². The number of hydrogen-bond acceptors (Lipinski definition) is 16. The molecule has 0 amide bonds. The van der Waals surface area contributed by atoms with Crippen LogP contribution in [0.25, 0.3) is 0 Å². The molecule has 0 saturated heterocycles. The molecule has 5 aliphatic rings. The largest absolute Gasteiger partial charge is 0.490 e. The molecule has 0 unspecified atom stereocenters. The maximum absolute atomic E-state index is 7.14. The number of rotatable bonds is 84. The van der Waals surface area contributed by atoms with Crippen LogP contribution in [0.1, 0.15) is 532 Å². The van der Waals surface area contributed by atoms with Gasteiger partial charge in [0, 0.05) is 68.2 Å². The van der Waals surface area contributed by atoms with E-state index in [-0.39, 0.29) is 50.8 Å². The minimum Gasteiger partial charge on any atom is -0.490 e. The first-order valence-electron chi connectivity index (χ1n) is 55.8. The molecule has 4 aromatic carbocycles. The summed E-state index contributed by atoms with van der Waals surface area (Å²) in [6, 6.07) is 9.93. The van der Waals surface area contributed by atoms with Crippen molar-refractivity contribution in [2.24, 2.45) is 0 Å². The standard InChI is InChI=1S/C116H192O12S4/c1-9-13-17-21-25-41-53-65-77-129-81-69-57-45-33-29-37-49-61-73-93-97-85-99-94(74-62-50-38-30-34-46-58-70-82-130-78-66-54-42-26-22-18-14-10-2)101-87-103-96(76-64-52-40-32-36-48-60-72-84-132-80-68-56-44-28-24-20-16-12-4)104-88-102-95(75-63-51-39-31-35-47-59-71-83-131-79-67-55-43-27-23-19-15-11-3)100-86-98(93)106-114(118-6)108(100)124-91-126-110(102)116(120-8)112(104)128-92-127-111(103)115(119-7)109(101)125-90-123-107(99)113(117-5)105(97)121-89-122-106/h85-88,93-96H,9-84,89-92H2,1-8H3. The number of benzene rings is 4. The van der Waals surface area contributed by atoms with Crippen molar-refractivity contribution in [3.63, 3.8) is 0 Å². The molecule has 132 heavy (non-hydrogen) atoms. The lowest BCUT2D eigenvalue weighted by molar-refractivity contribution is 0.0861. The van der Waals surface area contributed by atoms with Crippen LogP contribution in [-0.4, -0.2) is 102 Å². The molecule has 8 bridgehead atoms. The molecule has 752 valence electrons. The lowest BCUT2D eigenvalue weighted by atomic mass is 9.75. The van der Waals surface area contributed by atoms with Crippen LogP contribution in [0.2, 0.25) is 0 Å². The van der Waals surface area contributed by atoms with Gasteiger partial charge in [0.2, 0.25) is 50.2 Å². The van der Waals surface area contributed by atoms with Gasteiger partial charge in [-0.3, -0.25) is 0 Å². The molecule has 4 aromatic rings. The quantitative estimate of drug-likeness (QED) is 0.0391. The average Bonchev–Trinajstić information content (AvgIpc) is 0.720. The molecule has 1 aliphatic carbocycles. The van der Waals surface area contributed by atoms with E-state index in [9.17, 15) is 0 Å². The van der Waals surface area contributed by atoms with E-state index in [2.05, 4.69) is 99.0 Å². The summed E-state index contributed by atoms with van der Waals surface area (Å²) in [4.78, 5) is 0. The maximum atomic E-state index is 7.14. The molecule has 16 heteroatoms. The third kappa shape index (κ3) is 39.2. The highest BCUT2D eigenvalue weighted by Crippen LogP contribution is 2.63. The van der Waals surface area contributed by atoms with E-state index < -0.39 is 0 Å². The van der Waals surface area contributed by atoms with E-state index in [4.69, 9.17) is 56.8 Å². The Labute approximate surface area is 825 Å². The lowest BCUT2D eigenvalue weighted by Gasteiger charge is -2.37. The van der Waals surface area contributed by atoms with Gasteiger partial charge in [0.25, 0.3) is 0 Å². The van der Waals surface area contributed by atoms with Crippen LogP contribution in [-0.2, 0) is 0 Å². The Morgan fingerprint density at radius 2 is 0.303 bits per heavy atom. The van der Waals surface area contributed by atoms with Crippen LogP contribution < -0.4 is 56.8 Å². The zero-order chi connectivity index (χ0) is 92.6. The van der Waals surface area contributed by atoms with Gasteiger partial charge in [-0.25, -0.2) is 0 Å². The summed E-state index contributed by atoms with van der Waals surface area (Å²) in [5.74, 6) is 17.1. The third-order valence-electron chi connectivity index (χ3n) is 29.1. The van der Waals surface area contributed by atoms with Crippen molar-refractivity contribution in [1.29, 1.82) is 0 Å². The topological polar surface area (TPSA) is 111 Å². The molecule has 0 atom stereocenters. The van der Waals surface area contributed by atoms with Crippen molar-refractivity contribution >= 4 is 47.0 Å². The van der Waals surface area contributed by atoms with Crippen molar-refractivity contribution < 1.29 is 56.8 Å². The highest BCUT2D eigenvalue weighted by atomic mass is 32.2. The molecular formula is C116H192O12S4. The minimum absolute atomic E-state index is 0.0933. The van der Waals surface area contributed by atoms with E-state index in [0.717, 1.165) is 122 Å².